The molecule has 0 aliphatic rings. The standard InChI is InChI=1S/C10H13FO2/c1-6(2)13-10-5-8(11)7(3)4-9(10)12/h4-6,12H,1-3H3. The molecule has 0 unspecified atom stereocenters. The monoisotopic (exact) mass is 184 g/mol. The Morgan fingerprint density at radius 2 is 2.00 bits per heavy atom. The SMILES string of the molecule is Cc1cc(O)c(OC(C)C)cc1F. The Morgan fingerprint density at radius 3 is 2.54 bits per heavy atom. The number of ether oxygens (including phenoxy) is 1. The zero-order valence-corrected chi connectivity index (χ0v) is 7.97. The molecule has 0 aliphatic heterocycles. The summed E-state index contributed by atoms with van der Waals surface area (Å²) in [4.78, 5) is 0. The summed E-state index contributed by atoms with van der Waals surface area (Å²) in [6.07, 6.45) is -0.0759. The predicted molar refractivity (Wildman–Crippen MR) is 48.6 cm³/mol. The number of phenols is 1. The normalized spacial score (nSPS) is 10.5. The number of rotatable bonds is 2. The van der Waals surface area contributed by atoms with Crippen LogP contribution in [0.5, 0.6) is 11.5 Å². The van der Waals surface area contributed by atoms with Gasteiger partial charge >= 0.3 is 0 Å². The lowest BCUT2D eigenvalue weighted by atomic mass is 10.2. The van der Waals surface area contributed by atoms with Crippen molar-refractivity contribution in [2.75, 3.05) is 0 Å². The van der Waals surface area contributed by atoms with Gasteiger partial charge in [0.05, 0.1) is 6.10 Å². The summed E-state index contributed by atoms with van der Waals surface area (Å²) in [7, 11) is 0. The van der Waals surface area contributed by atoms with E-state index in [0.717, 1.165) is 0 Å². The van der Waals surface area contributed by atoms with Crippen LogP contribution in [0, 0.1) is 12.7 Å². The van der Waals surface area contributed by atoms with E-state index in [2.05, 4.69) is 0 Å². The van der Waals surface area contributed by atoms with Gasteiger partial charge in [-0.3, -0.25) is 0 Å². The third-order valence-corrected chi connectivity index (χ3v) is 1.60. The van der Waals surface area contributed by atoms with Crippen molar-refractivity contribution in [3.8, 4) is 11.5 Å². The van der Waals surface area contributed by atoms with Crippen molar-refractivity contribution in [1.82, 2.24) is 0 Å². The van der Waals surface area contributed by atoms with E-state index < -0.39 is 0 Å². The first kappa shape index (κ1) is 9.84. The highest BCUT2D eigenvalue weighted by Gasteiger charge is 2.08. The molecule has 0 aromatic heterocycles. The Morgan fingerprint density at radius 1 is 1.38 bits per heavy atom. The molecule has 2 nitrogen and oxygen atoms in total. The van der Waals surface area contributed by atoms with Crippen LogP contribution in [0.2, 0.25) is 0 Å². The van der Waals surface area contributed by atoms with Gasteiger partial charge in [0.1, 0.15) is 5.82 Å². The van der Waals surface area contributed by atoms with Crippen LogP contribution in [0.1, 0.15) is 19.4 Å². The lowest BCUT2D eigenvalue weighted by Crippen LogP contribution is -2.06. The molecule has 1 N–H and O–H groups in total. The van der Waals surface area contributed by atoms with E-state index in [1.807, 2.05) is 13.8 Å². The highest BCUT2D eigenvalue weighted by atomic mass is 19.1. The topological polar surface area (TPSA) is 29.5 Å². The third-order valence-electron chi connectivity index (χ3n) is 1.60. The van der Waals surface area contributed by atoms with Crippen molar-refractivity contribution in [1.29, 1.82) is 0 Å². The van der Waals surface area contributed by atoms with Gasteiger partial charge in [0.15, 0.2) is 11.5 Å². The van der Waals surface area contributed by atoms with E-state index in [0.29, 0.717) is 5.56 Å². The van der Waals surface area contributed by atoms with Gasteiger partial charge in [-0.05, 0) is 32.4 Å². The molecular weight excluding hydrogens is 171 g/mol. The Kier molecular flexibility index (Phi) is 2.76. The molecule has 0 fully saturated rings. The molecule has 13 heavy (non-hydrogen) atoms. The fourth-order valence-electron chi connectivity index (χ4n) is 0.996. The molecule has 0 spiro atoms. The van der Waals surface area contributed by atoms with Gasteiger partial charge < -0.3 is 9.84 Å². The van der Waals surface area contributed by atoms with Crippen molar-refractivity contribution in [2.45, 2.75) is 26.9 Å². The number of aryl methyl sites for hydroxylation is 1. The van der Waals surface area contributed by atoms with Crippen LogP contribution < -0.4 is 4.74 Å². The lowest BCUT2D eigenvalue weighted by molar-refractivity contribution is 0.230. The van der Waals surface area contributed by atoms with Crippen LogP contribution in [0.4, 0.5) is 4.39 Å². The van der Waals surface area contributed by atoms with Crippen LogP contribution in [0.15, 0.2) is 12.1 Å². The molecule has 1 rings (SSSR count). The molecule has 0 atom stereocenters. The minimum absolute atomic E-state index is 0.0207. The van der Waals surface area contributed by atoms with Gasteiger partial charge in [-0.2, -0.15) is 0 Å². The number of phenolic OH excluding ortho intramolecular Hbond substituents is 1. The first-order chi connectivity index (χ1) is 6.00. The second-order valence-corrected chi connectivity index (χ2v) is 3.24. The molecule has 3 heteroatoms. The minimum Gasteiger partial charge on any atom is -0.504 e. The van der Waals surface area contributed by atoms with Crippen molar-refractivity contribution in [2.24, 2.45) is 0 Å². The van der Waals surface area contributed by atoms with E-state index in [-0.39, 0.29) is 23.4 Å². The number of hydrogen-bond acceptors (Lipinski definition) is 2. The van der Waals surface area contributed by atoms with E-state index >= 15 is 0 Å². The van der Waals surface area contributed by atoms with Gasteiger partial charge in [0, 0.05) is 6.07 Å². The molecule has 0 aliphatic carbocycles. The van der Waals surface area contributed by atoms with Gasteiger partial charge in [-0.25, -0.2) is 4.39 Å². The Hall–Kier alpha value is -1.25. The van der Waals surface area contributed by atoms with Crippen molar-refractivity contribution in [3.63, 3.8) is 0 Å². The quantitative estimate of drug-likeness (QED) is 0.765. The molecule has 0 saturated carbocycles. The van der Waals surface area contributed by atoms with Gasteiger partial charge in [-0.1, -0.05) is 0 Å². The number of halogens is 1. The van der Waals surface area contributed by atoms with E-state index in [1.54, 1.807) is 6.92 Å². The molecule has 72 valence electrons. The maximum Gasteiger partial charge on any atom is 0.164 e. The van der Waals surface area contributed by atoms with E-state index in [1.165, 1.54) is 12.1 Å². The Balaban J connectivity index is 3.01. The second-order valence-electron chi connectivity index (χ2n) is 3.24. The highest BCUT2D eigenvalue weighted by Crippen LogP contribution is 2.29. The van der Waals surface area contributed by atoms with Crippen molar-refractivity contribution < 1.29 is 14.2 Å². The van der Waals surface area contributed by atoms with E-state index in [9.17, 15) is 9.50 Å². The van der Waals surface area contributed by atoms with Crippen LogP contribution in [0.25, 0.3) is 0 Å². The zero-order chi connectivity index (χ0) is 10.0. The summed E-state index contributed by atoms with van der Waals surface area (Å²) in [6, 6.07) is 2.55. The second kappa shape index (κ2) is 3.64. The summed E-state index contributed by atoms with van der Waals surface area (Å²) in [5.74, 6) is -0.195. The number of aromatic hydroxyl groups is 1. The maximum atomic E-state index is 13.0. The predicted octanol–water partition coefficient (Wildman–Crippen LogP) is 2.63. The molecule has 0 amide bonds. The average Bonchev–Trinajstić information content (AvgIpc) is 1.99. The maximum absolute atomic E-state index is 13.0. The van der Waals surface area contributed by atoms with Gasteiger partial charge in [-0.15, -0.1) is 0 Å². The van der Waals surface area contributed by atoms with E-state index in [4.69, 9.17) is 4.74 Å². The minimum atomic E-state index is -0.367. The number of hydrogen-bond donors (Lipinski definition) is 1. The molecule has 0 heterocycles. The third kappa shape index (κ3) is 2.34. The first-order valence-corrected chi connectivity index (χ1v) is 4.16. The Bertz CT molecular complexity index is 308. The van der Waals surface area contributed by atoms with Gasteiger partial charge in [0.25, 0.3) is 0 Å². The largest absolute Gasteiger partial charge is 0.504 e. The molecular formula is C10H13FO2. The number of benzene rings is 1. The van der Waals surface area contributed by atoms with Crippen LogP contribution in [-0.2, 0) is 0 Å². The molecule has 0 bridgehead atoms. The van der Waals surface area contributed by atoms with Gasteiger partial charge in [0.2, 0.25) is 0 Å². The summed E-state index contributed by atoms with van der Waals surface area (Å²) < 4.78 is 18.2. The fourth-order valence-corrected chi connectivity index (χ4v) is 0.996. The lowest BCUT2D eigenvalue weighted by Gasteiger charge is -2.11. The molecule has 1 aromatic carbocycles. The van der Waals surface area contributed by atoms with Crippen LogP contribution in [0.3, 0.4) is 0 Å². The fraction of sp³-hybridized carbons (Fsp3) is 0.400. The summed E-state index contributed by atoms with van der Waals surface area (Å²) >= 11 is 0. The van der Waals surface area contributed by atoms with Crippen molar-refractivity contribution in [3.05, 3.63) is 23.5 Å². The zero-order valence-electron chi connectivity index (χ0n) is 7.97. The summed E-state index contributed by atoms with van der Waals surface area (Å²) in [5.41, 5.74) is 0.411. The molecule has 0 radical (unpaired) electrons. The smallest absolute Gasteiger partial charge is 0.164 e. The first-order valence-electron chi connectivity index (χ1n) is 4.16. The molecule has 1 aromatic rings. The van der Waals surface area contributed by atoms with Crippen molar-refractivity contribution >= 4 is 0 Å². The summed E-state index contributed by atoms with van der Waals surface area (Å²) in [5, 5.41) is 9.37. The Labute approximate surface area is 77.0 Å². The average molecular weight is 184 g/mol. The van der Waals surface area contributed by atoms with Crippen LogP contribution in [-0.4, -0.2) is 11.2 Å². The summed E-state index contributed by atoms with van der Waals surface area (Å²) in [6.45, 7) is 5.22. The van der Waals surface area contributed by atoms with Crippen LogP contribution >= 0.6 is 0 Å². The molecule has 0 saturated heterocycles. The highest BCUT2D eigenvalue weighted by molar-refractivity contribution is 5.42.